The highest BCUT2D eigenvalue weighted by atomic mass is 32.2. The van der Waals surface area contributed by atoms with Crippen LogP contribution in [0.3, 0.4) is 0 Å². The van der Waals surface area contributed by atoms with Crippen LogP contribution in [0.4, 0.5) is 25.1 Å². The molecule has 2 heterocycles. The SMILES string of the molecule is Nc1nc(N)nc(SCc2nc(-c3cccc(C(F)(F)F)c3)no2)n1. The standard InChI is InChI=1S/C13H10F3N7OS/c14-13(15,16)7-3-1-2-6(4-7)9-19-8(24-23-9)5-25-12-21-10(17)20-11(18)22-12/h1-4H,5H2,(H4,17,18,20,21,22). The lowest BCUT2D eigenvalue weighted by Crippen LogP contribution is -2.04. The molecule has 0 aliphatic rings. The summed E-state index contributed by atoms with van der Waals surface area (Å²) in [4.78, 5) is 15.5. The van der Waals surface area contributed by atoms with E-state index in [2.05, 4.69) is 25.1 Å². The van der Waals surface area contributed by atoms with E-state index in [9.17, 15) is 13.2 Å². The molecule has 2 aromatic heterocycles. The average molecular weight is 369 g/mol. The van der Waals surface area contributed by atoms with E-state index >= 15 is 0 Å². The molecule has 130 valence electrons. The Hall–Kier alpha value is -2.89. The first-order valence-corrected chi connectivity index (χ1v) is 7.70. The highest BCUT2D eigenvalue weighted by molar-refractivity contribution is 7.98. The molecule has 0 saturated carbocycles. The van der Waals surface area contributed by atoms with E-state index in [1.165, 1.54) is 12.1 Å². The summed E-state index contributed by atoms with van der Waals surface area (Å²) in [5.41, 5.74) is 10.3. The molecular weight excluding hydrogens is 359 g/mol. The average Bonchev–Trinajstić information content (AvgIpc) is 3.00. The van der Waals surface area contributed by atoms with Crippen molar-refractivity contribution in [2.75, 3.05) is 11.5 Å². The number of anilines is 2. The molecular formula is C13H10F3N7OS. The largest absolute Gasteiger partial charge is 0.416 e. The molecule has 0 atom stereocenters. The monoisotopic (exact) mass is 369 g/mol. The number of nitrogens with two attached hydrogens (primary N) is 2. The number of halogens is 3. The van der Waals surface area contributed by atoms with Crippen LogP contribution in [0.25, 0.3) is 11.4 Å². The number of benzene rings is 1. The van der Waals surface area contributed by atoms with Gasteiger partial charge < -0.3 is 16.0 Å². The molecule has 0 saturated heterocycles. The Kier molecular flexibility index (Phi) is 4.44. The molecule has 0 fully saturated rings. The van der Waals surface area contributed by atoms with Crippen molar-refractivity contribution < 1.29 is 17.7 Å². The van der Waals surface area contributed by atoms with Gasteiger partial charge in [-0.3, -0.25) is 0 Å². The highest BCUT2D eigenvalue weighted by Crippen LogP contribution is 2.31. The molecule has 3 aromatic rings. The summed E-state index contributed by atoms with van der Waals surface area (Å²) < 4.78 is 43.3. The third-order valence-electron chi connectivity index (χ3n) is 2.89. The topological polar surface area (TPSA) is 130 Å². The van der Waals surface area contributed by atoms with Gasteiger partial charge in [0.15, 0.2) is 5.16 Å². The van der Waals surface area contributed by atoms with Gasteiger partial charge >= 0.3 is 6.18 Å². The Morgan fingerprint density at radius 2 is 1.76 bits per heavy atom. The zero-order valence-corrected chi connectivity index (χ0v) is 13.2. The van der Waals surface area contributed by atoms with E-state index < -0.39 is 11.7 Å². The maximum absolute atomic E-state index is 12.8. The van der Waals surface area contributed by atoms with Gasteiger partial charge in [0.25, 0.3) is 0 Å². The van der Waals surface area contributed by atoms with Gasteiger partial charge in [0, 0.05) is 5.56 Å². The number of nitrogens with zero attached hydrogens (tertiary/aromatic N) is 5. The molecule has 0 aliphatic heterocycles. The van der Waals surface area contributed by atoms with Crippen molar-refractivity contribution in [2.45, 2.75) is 17.1 Å². The van der Waals surface area contributed by atoms with Gasteiger partial charge in [0.1, 0.15) is 0 Å². The summed E-state index contributed by atoms with van der Waals surface area (Å²) >= 11 is 1.12. The van der Waals surface area contributed by atoms with Crippen LogP contribution in [0.2, 0.25) is 0 Å². The summed E-state index contributed by atoms with van der Waals surface area (Å²) in [6.07, 6.45) is -4.45. The number of aromatic nitrogens is 5. The van der Waals surface area contributed by atoms with Gasteiger partial charge in [-0.05, 0) is 12.1 Å². The Bertz CT molecular complexity index is 879. The van der Waals surface area contributed by atoms with Crippen molar-refractivity contribution >= 4 is 23.7 Å². The molecule has 3 rings (SSSR count). The van der Waals surface area contributed by atoms with E-state index in [1.807, 2.05) is 0 Å². The first-order valence-electron chi connectivity index (χ1n) is 6.71. The van der Waals surface area contributed by atoms with Crippen LogP contribution in [0, 0.1) is 0 Å². The molecule has 1 aromatic carbocycles. The highest BCUT2D eigenvalue weighted by Gasteiger charge is 2.30. The maximum atomic E-state index is 12.8. The molecule has 0 spiro atoms. The summed E-state index contributed by atoms with van der Waals surface area (Å²) in [6.45, 7) is 0. The summed E-state index contributed by atoms with van der Waals surface area (Å²) in [5, 5.41) is 3.96. The number of thioether (sulfide) groups is 1. The molecule has 8 nitrogen and oxygen atoms in total. The predicted octanol–water partition coefficient (Wildman–Crippen LogP) is 2.40. The smallest absolute Gasteiger partial charge is 0.368 e. The number of nitrogen functional groups attached to an aromatic ring is 2. The van der Waals surface area contributed by atoms with Gasteiger partial charge in [-0.1, -0.05) is 29.1 Å². The van der Waals surface area contributed by atoms with Crippen molar-refractivity contribution in [1.29, 1.82) is 0 Å². The van der Waals surface area contributed by atoms with E-state index in [-0.39, 0.29) is 40.1 Å². The van der Waals surface area contributed by atoms with E-state index in [4.69, 9.17) is 16.0 Å². The third kappa shape index (κ3) is 4.15. The minimum absolute atomic E-state index is 0.0230. The number of rotatable bonds is 4. The fourth-order valence-electron chi connectivity index (χ4n) is 1.84. The van der Waals surface area contributed by atoms with E-state index in [0.717, 1.165) is 23.9 Å². The van der Waals surface area contributed by atoms with Crippen LogP contribution in [-0.2, 0) is 11.9 Å². The minimum Gasteiger partial charge on any atom is -0.368 e. The van der Waals surface area contributed by atoms with Gasteiger partial charge in [0.2, 0.25) is 23.6 Å². The second-order valence-electron chi connectivity index (χ2n) is 4.71. The first-order chi connectivity index (χ1) is 11.8. The summed E-state index contributed by atoms with van der Waals surface area (Å²) in [7, 11) is 0. The molecule has 12 heteroatoms. The van der Waals surface area contributed by atoms with Gasteiger partial charge in [-0.25, -0.2) is 0 Å². The lowest BCUT2D eigenvalue weighted by Gasteiger charge is -2.06. The van der Waals surface area contributed by atoms with Crippen molar-refractivity contribution in [3.63, 3.8) is 0 Å². The first kappa shape index (κ1) is 17.0. The summed E-state index contributed by atoms with van der Waals surface area (Å²) in [6, 6.07) is 4.66. The number of alkyl halides is 3. The van der Waals surface area contributed by atoms with Crippen molar-refractivity contribution in [3.05, 3.63) is 35.7 Å². The van der Waals surface area contributed by atoms with Crippen LogP contribution < -0.4 is 11.5 Å². The van der Waals surface area contributed by atoms with E-state index in [1.54, 1.807) is 0 Å². The van der Waals surface area contributed by atoms with Crippen molar-refractivity contribution in [3.8, 4) is 11.4 Å². The zero-order valence-electron chi connectivity index (χ0n) is 12.4. The van der Waals surface area contributed by atoms with Crippen molar-refractivity contribution in [2.24, 2.45) is 0 Å². The van der Waals surface area contributed by atoms with Crippen LogP contribution in [0.15, 0.2) is 33.9 Å². The molecule has 0 aliphatic carbocycles. The van der Waals surface area contributed by atoms with Crippen LogP contribution in [0.5, 0.6) is 0 Å². The zero-order chi connectivity index (χ0) is 18.0. The molecule has 25 heavy (non-hydrogen) atoms. The van der Waals surface area contributed by atoms with Crippen LogP contribution in [0.1, 0.15) is 11.5 Å². The Morgan fingerprint density at radius 1 is 1.04 bits per heavy atom. The van der Waals surface area contributed by atoms with Gasteiger partial charge in [-0.2, -0.15) is 33.1 Å². The van der Waals surface area contributed by atoms with Gasteiger partial charge in [-0.15, -0.1) is 0 Å². The summed E-state index contributed by atoms with van der Waals surface area (Å²) in [5.74, 6) is 0.385. The second kappa shape index (κ2) is 6.55. The molecule has 0 bridgehead atoms. The van der Waals surface area contributed by atoms with E-state index in [0.29, 0.717) is 0 Å². The number of hydrogen-bond donors (Lipinski definition) is 2. The molecule has 0 radical (unpaired) electrons. The predicted molar refractivity (Wildman–Crippen MR) is 82.9 cm³/mol. The van der Waals surface area contributed by atoms with Gasteiger partial charge in [0.05, 0.1) is 11.3 Å². The quantitative estimate of drug-likeness (QED) is 0.666. The lowest BCUT2D eigenvalue weighted by molar-refractivity contribution is -0.137. The Labute approximate surface area is 142 Å². The van der Waals surface area contributed by atoms with Crippen molar-refractivity contribution in [1.82, 2.24) is 25.1 Å². The maximum Gasteiger partial charge on any atom is 0.416 e. The Morgan fingerprint density at radius 3 is 2.44 bits per heavy atom. The molecule has 0 amide bonds. The molecule has 0 unspecified atom stereocenters. The van der Waals surface area contributed by atoms with Crippen LogP contribution in [-0.4, -0.2) is 25.1 Å². The number of hydrogen-bond acceptors (Lipinski definition) is 9. The minimum atomic E-state index is -4.45. The Balaban J connectivity index is 1.74. The van der Waals surface area contributed by atoms with Crippen LogP contribution >= 0.6 is 11.8 Å². The fourth-order valence-corrected chi connectivity index (χ4v) is 2.53. The lowest BCUT2D eigenvalue weighted by atomic mass is 10.1. The molecule has 4 N–H and O–H groups in total. The third-order valence-corrected chi connectivity index (χ3v) is 3.72. The fraction of sp³-hybridized carbons (Fsp3) is 0.154. The second-order valence-corrected chi connectivity index (χ2v) is 5.66. The normalized spacial score (nSPS) is 11.6.